The SMILES string of the molecule is Cc1ccc(CC(=O)N=c2sc3ccc([N+](=O)[O-])cc3n2C)cc1. The van der Waals surface area contributed by atoms with E-state index in [0.29, 0.717) is 10.3 Å². The number of nitrogens with zero attached hydrogens (tertiary/aromatic N) is 3. The molecule has 1 amide bonds. The zero-order valence-electron chi connectivity index (χ0n) is 13.2. The minimum atomic E-state index is -0.434. The first-order valence-electron chi connectivity index (χ1n) is 7.31. The molecule has 0 saturated carbocycles. The number of thiazole rings is 1. The molecule has 0 bridgehead atoms. The lowest BCUT2D eigenvalue weighted by molar-refractivity contribution is -0.384. The zero-order valence-corrected chi connectivity index (χ0v) is 14.0. The van der Waals surface area contributed by atoms with E-state index in [9.17, 15) is 14.9 Å². The molecule has 2 aromatic carbocycles. The fraction of sp³-hybridized carbons (Fsp3) is 0.176. The number of benzene rings is 2. The predicted molar refractivity (Wildman–Crippen MR) is 92.9 cm³/mol. The second-order valence-corrected chi connectivity index (χ2v) is 6.53. The van der Waals surface area contributed by atoms with E-state index in [2.05, 4.69) is 4.99 Å². The molecule has 6 nitrogen and oxygen atoms in total. The molecule has 3 aromatic rings. The fourth-order valence-electron chi connectivity index (χ4n) is 2.36. The van der Waals surface area contributed by atoms with Crippen molar-refractivity contribution in [2.75, 3.05) is 0 Å². The van der Waals surface area contributed by atoms with Crippen molar-refractivity contribution in [1.82, 2.24) is 4.57 Å². The van der Waals surface area contributed by atoms with E-state index < -0.39 is 4.92 Å². The lowest BCUT2D eigenvalue weighted by Gasteiger charge is -1.98. The van der Waals surface area contributed by atoms with Crippen molar-refractivity contribution in [1.29, 1.82) is 0 Å². The van der Waals surface area contributed by atoms with Crippen molar-refractivity contribution in [2.24, 2.45) is 12.0 Å². The van der Waals surface area contributed by atoms with Gasteiger partial charge in [0.1, 0.15) is 0 Å². The molecule has 0 atom stereocenters. The van der Waals surface area contributed by atoms with Crippen LogP contribution in [0.25, 0.3) is 10.2 Å². The van der Waals surface area contributed by atoms with Crippen LogP contribution in [0.2, 0.25) is 0 Å². The van der Waals surface area contributed by atoms with Crippen LogP contribution in [-0.2, 0) is 18.3 Å². The van der Waals surface area contributed by atoms with Gasteiger partial charge in [-0.05, 0) is 18.6 Å². The van der Waals surface area contributed by atoms with Crippen LogP contribution in [-0.4, -0.2) is 15.4 Å². The number of fused-ring (bicyclic) bond motifs is 1. The molecular weight excluding hydrogens is 326 g/mol. The van der Waals surface area contributed by atoms with Crippen molar-refractivity contribution in [2.45, 2.75) is 13.3 Å². The molecule has 3 rings (SSSR count). The number of nitro groups is 1. The zero-order chi connectivity index (χ0) is 17.3. The number of rotatable bonds is 3. The standard InChI is InChI=1S/C17H15N3O3S/c1-11-3-5-12(6-4-11)9-16(21)18-17-19(2)14-10-13(20(22)23)7-8-15(14)24-17/h3-8,10H,9H2,1-2H3. The van der Waals surface area contributed by atoms with Gasteiger partial charge in [-0.3, -0.25) is 14.9 Å². The number of carbonyl (C=O) groups excluding carboxylic acids is 1. The van der Waals surface area contributed by atoms with E-state index in [-0.39, 0.29) is 18.0 Å². The van der Waals surface area contributed by atoms with E-state index >= 15 is 0 Å². The van der Waals surface area contributed by atoms with Crippen molar-refractivity contribution in [3.05, 3.63) is 68.5 Å². The van der Waals surface area contributed by atoms with Crippen molar-refractivity contribution in [3.8, 4) is 0 Å². The van der Waals surface area contributed by atoms with E-state index in [1.165, 1.54) is 23.5 Å². The number of nitro benzene ring substituents is 1. The van der Waals surface area contributed by atoms with Gasteiger partial charge in [-0.1, -0.05) is 41.2 Å². The highest BCUT2D eigenvalue weighted by Crippen LogP contribution is 2.22. The Morgan fingerprint density at radius 1 is 1.25 bits per heavy atom. The first kappa shape index (κ1) is 16.1. The molecule has 7 heteroatoms. The highest BCUT2D eigenvalue weighted by molar-refractivity contribution is 7.16. The van der Waals surface area contributed by atoms with Crippen LogP contribution in [0.1, 0.15) is 11.1 Å². The monoisotopic (exact) mass is 341 g/mol. The Kier molecular flexibility index (Phi) is 4.26. The minimum absolute atomic E-state index is 0.0217. The number of amides is 1. The Morgan fingerprint density at radius 3 is 2.62 bits per heavy atom. The summed E-state index contributed by atoms with van der Waals surface area (Å²) < 4.78 is 2.56. The Labute approximate surface area is 141 Å². The number of aromatic nitrogens is 1. The largest absolute Gasteiger partial charge is 0.319 e. The summed E-state index contributed by atoms with van der Waals surface area (Å²) in [7, 11) is 1.75. The summed E-state index contributed by atoms with van der Waals surface area (Å²) in [6, 6.07) is 12.4. The summed E-state index contributed by atoms with van der Waals surface area (Å²) in [4.78, 5) is 27.3. The maximum absolute atomic E-state index is 12.2. The Morgan fingerprint density at radius 2 is 1.96 bits per heavy atom. The van der Waals surface area contributed by atoms with Gasteiger partial charge in [0.25, 0.3) is 11.6 Å². The predicted octanol–water partition coefficient (Wildman–Crippen LogP) is 3.13. The summed E-state index contributed by atoms with van der Waals surface area (Å²) >= 11 is 1.34. The molecule has 0 fully saturated rings. The smallest absolute Gasteiger partial charge is 0.271 e. The first-order chi connectivity index (χ1) is 11.4. The van der Waals surface area contributed by atoms with Gasteiger partial charge < -0.3 is 4.57 Å². The Bertz CT molecular complexity index is 1000. The van der Waals surface area contributed by atoms with Crippen LogP contribution < -0.4 is 4.80 Å². The number of non-ortho nitro benzene ring substituents is 1. The normalized spacial score (nSPS) is 11.8. The summed E-state index contributed by atoms with van der Waals surface area (Å²) in [5.74, 6) is -0.240. The van der Waals surface area contributed by atoms with Gasteiger partial charge in [0.15, 0.2) is 4.80 Å². The molecular formula is C17H15N3O3S. The van der Waals surface area contributed by atoms with Crippen molar-refractivity contribution in [3.63, 3.8) is 0 Å². The lowest BCUT2D eigenvalue weighted by atomic mass is 10.1. The summed E-state index contributed by atoms with van der Waals surface area (Å²) in [6.45, 7) is 1.99. The first-order valence-corrected chi connectivity index (χ1v) is 8.13. The van der Waals surface area contributed by atoms with E-state index in [0.717, 1.165) is 15.8 Å². The van der Waals surface area contributed by atoms with Gasteiger partial charge in [0.05, 0.1) is 21.6 Å². The maximum Gasteiger partial charge on any atom is 0.271 e. The molecule has 122 valence electrons. The molecule has 0 N–H and O–H groups in total. The summed E-state index contributed by atoms with van der Waals surface area (Å²) in [5.41, 5.74) is 2.76. The molecule has 1 heterocycles. The molecule has 0 aliphatic rings. The second kappa shape index (κ2) is 6.37. The molecule has 0 unspecified atom stereocenters. The number of aryl methyl sites for hydroxylation is 2. The van der Waals surface area contributed by atoms with Gasteiger partial charge in [-0.2, -0.15) is 4.99 Å². The van der Waals surface area contributed by atoms with Crippen LogP contribution in [0, 0.1) is 17.0 Å². The Balaban J connectivity index is 1.94. The summed E-state index contributed by atoms with van der Waals surface area (Å²) in [6.07, 6.45) is 0.231. The van der Waals surface area contributed by atoms with Crippen LogP contribution in [0.5, 0.6) is 0 Å². The van der Waals surface area contributed by atoms with Gasteiger partial charge >= 0.3 is 0 Å². The molecule has 0 saturated heterocycles. The van der Waals surface area contributed by atoms with Gasteiger partial charge in [-0.15, -0.1) is 0 Å². The highest BCUT2D eigenvalue weighted by atomic mass is 32.1. The number of carbonyl (C=O) groups is 1. The van der Waals surface area contributed by atoms with Crippen LogP contribution in [0.4, 0.5) is 5.69 Å². The molecule has 0 aliphatic heterocycles. The number of hydrogen-bond donors (Lipinski definition) is 0. The third-order valence-corrected chi connectivity index (χ3v) is 4.81. The van der Waals surface area contributed by atoms with Crippen LogP contribution in [0.3, 0.4) is 0 Å². The van der Waals surface area contributed by atoms with Gasteiger partial charge in [0, 0.05) is 19.2 Å². The van der Waals surface area contributed by atoms with E-state index in [1.807, 2.05) is 31.2 Å². The second-order valence-electron chi connectivity index (χ2n) is 5.52. The van der Waals surface area contributed by atoms with E-state index in [1.54, 1.807) is 17.7 Å². The van der Waals surface area contributed by atoms with Gasteiger partial charge in [-0.25, -0.2) is 0 Å². The molecule has 0 aliphatic carbocycles. The third kappa shape index (κ3) is 3.26. The maximum atomic E-state index is 12.2. The fourth-order valence-corrected chi connectivity index (χ4v) is 3.38. The Hall–Kier alpha value is -2.80. The molecule has 0 radical (unpaired) electrons. The van der Waals surface area contributed by atoms with Crippen LogP contribution in [0.15, 0.2) is 47.5 Å². The topological polar surface area (TPSA) is 77.5 Å². The van der Waals surface area contributed by atoms with E-state index in [4.69, 9.17) is 0 Å². The lowest BCUT2D eigenvalue weighted by Crippen LogP contribution is -2.14. The minimum Gasteiger partial charge on any atom is -0.319 e. The van der Waals surface area contributed by atoms with Crippen molar-refractivity contribution < 1.29 is 9.72 Å². The molecule has 24 heavy (non-hydrogen) atoms. The summed E-state index contributed by atoms with van der Waals surface area (Å²) in [5, 5.41) is 10.9. The average Bonchev–Trinajstić information content (AvgIpc) is 2.85. The molecule has 1 aromatic heterocycles. The molecule has 0 spiro atoms. The number of hydrogen-bond acceptors (Lipinski definition) is 4. The van der Waals surface area contributed by atoms with Gasteiger partial charge in [0.2, 0.25) is 0 Å². The third-order valence-electron chi connectivity index (χ3n) is 3.70. The van der Waals surface area contributed by atoms with Crippen LogP contribution >= 0.6 is 11.3 Å². The highest BCUT2D eigenvalue weighted by Gasteiger charge is 2.11. The van der Waals surface area contributed by atoms with Crippen molar-refractivity contribution >= 4 is 33.1 Å². The average molecular weight is 341 g/mol. The quantitative estimate of drug-likeness (QED) is 0.542.